The van der Waals surface area contributed by atoms with Crippen molar-refractivity contribution in [3.63, 3.8) is 0 Å². The number of urea groups is 1. The Kier molecular flexibility index (Phi) is 3.94. The Hall–Kier alpha value is -1.70. The SMILES string of the molecule is Cc1nnc(NC(=O)N2CCCC(C)(C)C2C(=O)O)s1. The molecule has 1 aromatic heterocycles. The maximum Gasteiger partial charge on any atom is 0.327 e. The molecule has 2 heterocycles. The topological polar surface area (TPSA) is 95.4 Å². The number of piperidine rings is 1. The van der Waals surface area contributed by atoms with E-state index in [9.17, 15) is 14.7 Å². The highest BCUT2D eigenvalue weighted by atomic mass is 32.1. The zero-order valence-corrected chi connectivity index (χ0v) is 12.5. The van der Waals surface area contributed by atoms with Crippen LogP contribution in [0.15, 0.2) is 0 Å². The number of hydrogen-bond acceptors (Lipinski definition) is 5. The number of hydrogen-bond donors (Lipinski definition) is 2. The van der Waals surface area contributed by atoms with Gasteiger partial charge in [-0.3, -0.25) is 5.32 Å². The summed E-state index contributed by atoms with van der Waals surface area (Å²) in [6.07, 6.45) is 1.57. The van der Waals surface area contributed by atoms with Crippen LogP contribution in [0, 0.1) is 12.3 Å². The van der Waals surface area contributed by atoms with Gasteiger partial charge in [-0.25, -0.2) is 9.59 Å². The van der Waals surface area contributed by atoms with Crippen LogP contribution >= 0.6 is 11.3 Å². The third kappa shape index (κ3) is 2.90. The lowest BCUT2D eigenvalue weighted by atomic mass is 9.76. The van der Waals surface area contributed by atoms with Crippen LogP contribution in [-0.2, 0) is 4.79 Å². The number of nitrogens with zero attached hydrogens (tertiary/aromatic N) is 3. The first-order chi connectivity index (χ1) is 9.31. The van der Waals surface area contributed by atoms with Crippen LogP contribution in [0.25, 0.3) is 0 Å². The van der Waals surface area contributed by atoms with Gasteiger partial charge in [0.25, 0.3) is 0 Å². The average Bonchev–Trinajstić information content (AvgIpc) is 2.72. The van der Waals surface area contributed by atoms with Crippen molar-refractivity contribution >= 4 is 28.5 Å². The number of rotatable bonds is 2. The Morgan fingerprint density at radius 1 is 1.45 bits per heavy atom. The highest BCUT2D eigenvalue weighted by Gasteiger charge is 2.44. The van der Waals surface area contributed by atoms with E-state index < -0.39 is 23.5 Å². The summed E-state index contributed by atoms with van der Waals surface area (Å²) >= 11 is 1.26. The van der Waals surface area contributed by atoms with Gasteiger partial charge in [0.2, 0.25) is 5.13 Å². The summed E-state index contributed by atoms with van der Waals surface area (Å²) in [7, 11) is 0. The Morgan fingerprint density at radius 2 is 2.15 bits per heavy atom. The zero-order chi connectivity index (χ0) is 14.9. The Labute approximate surface area is 121 Å². The minimum atomic E-state index is -0.974. The molecule has 8 heteroatoms. The second-order valence-corrected chi connectivity index (χ2v) is 6.76. The van der Waals surface area contributed by atoms with Gasteiger partial charge in [-0.1, -0.05) is 25.2 Å². The number of aliphatic carboxylic acids is 1. The molecule has 1 fully saturated rings. The van der Waals surface area contributed by atoms with E-state index in [-0.39, 0.29) is 0 Å². The van der Waals surface area contributed by atoms with Gasteiger partial charge >= 0.3 is 12.0 Å². The molecule has 1 saturated heterocycles. The number of carboxylic acid groups (broad SMARTS) is 1. The standard InChI is InChI=1S/C12H18N4O3S/c1-7-14-15-10(20-7)13-11(19)16-6-4-5-12(2,3)8(16)9(17)18/h8H,4-6H2,1-3H3,(H,17,18)(H,13,15,19). The summed E-state index contributed by atoms with van der Waals surface area (Å²) in [6.45, 7) is 5.97. The van der Waals surface area contributed by atoms with Crippen LogP contribution in [0.5, 0.6) is 0 Å². The summed E-state index contributed by atoms with van der Waals surface area (Å²) in [4.78, 5) is 25.1. The second-order valence-electron chi connectivity index (χ2n) is 5.58. The molecule has 0 saturated carbocycles. The first-order valence-electron chi connectivity index (χ1n) is 6.42. The van der Waals surface area contributed by atoms with E-state index in [1.807, 2.05) is 13.8 Å². The third-order valence-electron chi connectivity index (χ3n) is 3.51. The van der Waals surface area contributed by atoms with Gasteiger partial charge in [-0.2, -0.15) is 0 Å². The van der Waals surface area contributed by atoms with E-state index >= 15 is 0 Å². The molecule has 1 aliphatic heterocycles. The van der Waals surface area contributed by atoms with Gasteiger partial charge in [-0.05, 0) is 25.2 Å². The number of nitrogens with one attached hydrogen (secondary N) is 1. The summed E-state index contributed by atoms with van der Waals surface area (Å²) in [5.41, 5.74) is -0.446. The Morgan fingerprint density at radius 3 is 2.70 bits per heavy atom. The van der Waals surface area contributed by atoms with Gasteiger partial charge in [0.05, 0.1) is 0 Å². The molecule has 1 unspecified atom stereocenters. The molecule has 0 aliphatic carbocycles. The fourth-order valence-electron chi connectivity index (χ4n) is 2.59. The number of carbonyl (C=O) groups is 2. The molecule has 110 valence electrons. The molecule has 0 spiro atoms. The first kappa shape index (κ1) is 14.7. The van der Waals surface area contributed by atoms with Crippen LogP contribution in [0.4, 0.5) is 9.93 Å². The lowest BCUT2D eigenvalue weighted by Gasteiger charge is -2.43. The fourth-order valence-corrected chi connectivity index (χ4v) is 3.17. The lowest BCUT2D eigenvalue weighted by molar-refractivity contribution is -0.148. The molecule has 2 rings (SSSR count). The lowest BCUT2D eigenvalue weighted by Crippen LogP contribution is -2.57. The largest absolute Gasteiger partial charge is 0.480 e. The number of likely N-dealkylation sites (tertiary alicyclic amines) is 1. The van der Waals surface area contributed by atoms with Crippen molar-refractivity contribution in [2.24, 2.45) is 5.41 Å². The Bertz CT molecular complexity index is 529. The summed E-state index contributed by atoms with van der Waals surface area (Å²) in [5, 5.41) is 20.8. The van der Waals surface area contributed by atoms with Crippen molar-refractivity contribution < 1.29 is 14.7 Å². The monoisotopic (exact) mass is 298 g/mol. The normalized spacial score (nSPS) is 21.6. The van der Waals surface area contributed by atoms with E-state index in [1.54, 1.807) is 6.92 Å². The number of aromatic nitrogens is 2. The molecule has 0 aromatic carbocycles. The van der Waals surface area contributed by atoms with Gasteiger partial charge in [0.15, 0.2) is 0 Å². The summed E-state index contributed by atoms with van der Waals surface area (Å²) < 4.78 is 0. The fraction of sp³-hybridized carbons (Fsp3) is 0.667. The smallest absolute Gasteiger partial charge is 0.327 e. The molecule has 0 radical (unpaired) electrons. The van der Waals surface area contributed by atoms with E-state index in [0.717, 1.165) is 17.8 Å². The first-order valence-corrected chi connectivity index (χ1v) is 7.23. The van der Waals surface area contributed by atoms with Crippen LogP contribution in [0.1, 0.15) is 31.7 Å². The van der Waals surface area contributed by atoms with Crippen molar-refractivity contribution in [3.05, 3.63) is 5.01 Å². The number of amides is 2. The summed E-state index contributed by atoms with van der Waals surface area (Å²) in [6, 6.07) is -1.26. The van der Waals surface area contributed by atoms with Gasteiger partial charge in [-0.15, -0.1) is 10.2 Å². The minimum Gasteiger partial charge on any atom is -0.480 e. The number of anilines is 1. The highest BCUT2D eigenvalue weighted by Crippen LogP contribution is 2.35. The van der Waals surface area contributed by atoms with E-state index in [1.165, 1.54) is 16.2 Å². The zero-order valence-electron chi connectivity index (χ0n) is 11.7. The number of carboxylic acids is 1. The predicted molar refractivity (Wildman–Crippen MR) is 74.8 cm³/mol. The maximum atomic E-state index is 12.3. The van der Waals surface area contributed by atoms with Crippen molar-refractivity contribution in [2.45, 2.75) is 39.7 Å². The molecule has 0 bridgehead atoms. The van der Waals surface area contributed by atoms with Crippen LogP contribution in [-0.4, -0.2) is 44.8 Å². The van der Waals surface area contributed by atoms with E-state index in [0.29, 0.717) is 11.7 Å². The highest BCUT2D eigenvalue weighted by molar-refractivity contribution is 7.15. The molecule has 1 aliphatic rings. The van der Waals surface area contributed by atoms with Crippen LogP contribution < -0.4 is 5.32 Å². The Balaban J connectivity index is 2.16. The van der Waals surface area contributed by atoms with Gasteiger partial charge in [0.1, 0.15) is 11.0 Å². The van der Waals surface area contributed by atoms with Gasteiger partial charge in [0, 0.05) is 6.54 Å². The maximum absolute atomic E-state index is 12.3. The van der Waals surface area contributed by atoms with Crippen LogP contribution in [0.2, 0.25) is 0 Å². The summed E-state index contributed by atoms with van der Waals surface area (Å²) in [5.74, 6) is -0.974. The number of carbonyl (C=O) groups excluding carboxylic acids is 1. The molecule has 7 nitrogen and oxygen atoms in total. The molecular formula is C12H18N4O3S. The molecular weight excluding hydrogens is 280 g/mol. The number of aryl methyl sites for hydroxylation is 1. The quantitative estimate of drug-likeness (QED) is 0.870. The van der Waals surface area contributed by atoms with Crippen molar-refractivity contribution in [3.8, 4) is 0 Å². The van der Waals surface area contributed by atoms with E-state index in [2.05, 4.69) is 15.5 Å². The average molecular weight is 298 g/mol. The predicted octanol–water partition coefficient (Wildman–Crippen LogP) is 1.95. The van der Waals surface area contributed by atoms with Crippen molar-refractivity contribution in [1.29, 1.82) is 0 Å². The van der Waals surface area contributed by atoms with E-state index in [4.69, 9.17) is 0 Å². The molecule has 1 aromatic rings. The molecule has 2 amide bonds. The van der Waals surface area contributed by atoms with Gasteiger partial charge < -0.3 is 10.0 Å². The molecule has 2 N–H and O–H groups in total. The minimum absolute atomic E-state index is 0.389. The second kappa shape index (κ2) is 5.35. The third-order valence-corrected chi connectivity index (χ3v) is 4.26. The van der Waals surface area contributed by atoms with Crippen LogP contribution in [0.3, 0.4) is 0 Å². The molecule has 1 atom stereocenters. The van der Waals surface area contributed by atoms with Crippen molar-refractivity contribution in [2.75, 3.05) is 11.9 Å². The molecule has 20 heavy (non-hydrogen) atoms. The van der Waals surface area contributed by atoms with Crippen molar-refractivity contribution in [1.82, 2.24) is 15.1 Å².